The zero-order valence-corrected chi connectivity index (χ0v) is 17.2. The second-order valence-electron chi connectivity index (χ2n) is 6.18. The molecule has 0 radical (unpaired) electrons. The number of hydrogen-bond donors (Lipinski definition) is 1. The van der Waals surface area contributed by atoms with Crippen molar-refractivity contribution < 1.29 is 23.0 Å². The molecule has 0 bridgehead atoms. The number of halogens is 2. The number of rotatable bonds is 9. The Kier molecular flexibility index (Phi) is 6.88. The van der Waals surface area contributed by atoms with E-state index in [-0.39, 0.29) is 11.5 Å². The number of thioether (sulfide) groups is 1. The number of nitrogen functional groups attached to an aromatic ring is 1. The van der Waals surface area contributed by atoms with Crippen molar-refractivity contribution in [3.05, 3.63) is 53.6 Å². The van der Waals surface area contributed by atoms with Gasteiger partial charge in [-0.2, -0.15) is 8.78 Å². The van der Waals surface area contributed by atoms with E-state index in [1.54, 1.807) is 30.3 Å². The highest BCUT2D eigenvalue weighted by atomic mass is 32.2. The molecule has 3 rings (SSSR count). The minimum atomic E-state index is -2.89. The molecular weight excluding hydrogens is 414 g/mol. The number of benzene rings is 2. The summed E-state index contributed by atoms with van der Waals surface area (Å²) in [7, 11) is 0. The van der Waals surface area contributed by atoms with Crippen molar-refractivity contribution in [1.82, 2.24) is 14.9 Å². The molecule has 2 aromatic carbocycles. The predicted octanol–water partition coefficient (Wildman–Crippen LogP) is 4.15. The summed E-state index contributed by atoms with van der Waals surface area (Å²) in [6.07, 6.45) is 0. The van der Waals surface area contributed by atoms with Crippen LogP contribution in [0.15, 0.2) is 47.6 Å². The maximum Gasteiger partial charge on any atom is 0.387 e. The van der Waals surface area contributed by atoms with Crippen LogP contribution < -0.4 is 15.3 Å². The summed E-state index contributed by atoms with van der Waals surface area (Å²) >= 11 is 1.34. The van der Waals surface area contributed by atoms with E-state index in [4.69, 9.17) is 10.6 Å². The Balaban J connectivity index is 1.77. The highest BCUT2D eigenvalue weighted by Gasteiger charge is 2.15. The predicted molar refractivity (Wildman–Crippen MR) is 109 cm³/mol. The van der Waals surface area contributed by atoms with Gasteiger partial charge in [-0.25, -0.2) is 4.68 Å². The van der Waals surface area contributed by atoms with E-state index in [0.717, 1.165) is 5.56 Å². The molecule has 0 atom stereocenters. The third-order valence-electron chi connectivity index (χ3n) is 4.13. The van der Waals surface area contributed by atoms with Crippen LogP contribution in [-0.2, 0) is 5.75 Å². The van der Waals surface area contributed by atoms with Crippen LogP contribution in [0.2, 0.25) is 0 Å². The van der Waals surface area contributed by atoms with Gasteiger partial charge in [0.05, 0.1) is 6.61 Å². The van der Waals surface area contributed by atoms with E-state index in [1.165, 1.54) is 35.5 Å². The number of ether oxygens (including phenoxy) is 2. The average molecular weight is 434 g/mol. The molecule has 1 heterocycles. The summed E-state index contributed by atoms with van der Waals surface area (Å²) in [5.41, 5.74) is 2.04. The van der Waals surface area contributed by atoms with Gasteiger partial charge in [0.25, 0.3) is 0 Å². The number of hydrogen-bond acceptors (Lipinski definition) is 7. The Bertz CT molecular complexity index is 1030. The van der Waals surface area contributed by atoms with Crippen molar-refractivity contribution in [2.75, 3.05) is 12.4 Å². The molecular formula is C20H20F2N4O3S. The number of nitrogens with two attached hydrogens (primary N) is 1. The first-order valence-corrected chi connectivity index (χ1v) is 10.0. The number of alkyl halides is 2. The lowest BCUT2D eigenvalue weighted by atomic mass is 10.1. The first-order valence-electron chi connectivity index (χ1n) is 9.04. The minimum absolute atomic E-state index is 0.0344. The molecule has 0 fully saturated rings. The molecule has 0 aliphatic rings. The lowest BCUT2D eigenvalue weighted by Crippen LogP contribution is -2.11. The van der Waals surface area contributed by atoms with Crippen LogP contribution in [0.5, 0.6) is 11.5 Å². The van der Waals surface area contributed by atoms with Crippen LogP contribution in [0.25, 0.3) is 11.4 Å². The van der Waals surface area contributed by atoms with Gasteiger partial charge in [-0.15, -0.1) is 10.2 Å². The smallest absolute Gasteiger partial charge is 0.387 e. The third kappa shape index (κ3) is 5.07. The lowest BCUT2D eigenvalue weighted by molar-refractivity contribution is -0.0498. The van der Waals surface area contributed by atoms with E-state index < -0.39 is 6.61 Å². The van der Waals surface area contributed by atoms with Gasteiger partial charge >= 0.3 is 6.61 Å². The molecule has 30 heavy (non-hydrogen) atoms. The topological polar surface area (TPSA) is 92.3 Å². The van der Waals surface area contributed by atoms with Crippen LogP contribution in [0.3, 0.4) is 0 Å². The van der Waals surface area contributed by atoms with Crippen LogP contribution >= 0.6 is 11.8 Å². The largest absolute Gasteiger partial charge is 0.494 e. The summed E-state index contributed by atoms with van der Waals surface area (Å²) in [4.78, 5) is 11.7. The number of carbonyl (C=O) groups is 1. The van der Waals surface area contributed by atoms with E-state index >= 15 is 0 Å². The van der Waals surface area contributed by atoms with Gasteiger partial charge in [-0.3, -0.25) is 4.79 Å². The van der Waals surface area contributed by atoms with E-state index in [0.29, 0.717) is 40.2 Å². The fourth-order valence-corrected chi connectivity index (χ4v) is 3.54. The Morgan fingerprint density at radius 2 is 1.93 bits per heavy atom. The van der Waals surface area contributed by atoms with Gasteiger partial charge in [0, 0.05) is 22.4 Å². The highest BCUT2D eigenvalue weighted by Crippen LogP contribution is 2.30. The number of aromatic nitrogens is 3. The van der Waals surface area contributed by atoms with Gasteiger partial charge < -0.3 is 15.3 Å². The SMILES string of the molecule is CCOc1ccc(C(C)=O)cc1CSc1nnc(-c2ccc(OC(F)F)cc2)n1N. The molecule has 0 saturated heterocycles. The zero-order valence-electron chi connectivity index (χ0n) is 16.3. The van der Waals surface area contributed by atoms with E-state index in [2.05, 4.69) is 14.9 Å². The molecule has 0 aliphatic heterocycles. The van der Waals surface area contributed by atoms with Crippen molar-refractivity contribution in [3.8, 4) is 22.9 Å². The highest BCUT2D eigenvalue weighted by molar-refractivity contribution is 7.98. The Hall–Kier alpha value is -3.14. The fourth-order valence-electron chi connectivity index (χ4n) is 2.71. The quantitative estimate of drug-likeness (QED) is 0.307. The summed E-state index contributed by atoms with van der Waals surface area (Å²) in [5.74, 6) is 7.67. The van der Waals surface area contributed by atoms with E-state index in [9.17, 15) is 13.6 Å². The first kappa shape index (κ1) is 21.6. The maximum atomic E-state index is 12.3. The van der Waals surface area contributed by atoms with Crippen LogP contribution in [0.1, 0.15) is 29.8 Å². The maximum absolute atomic E-state index is 12.3. The fraction of sp³-hybridized carbons (Fsp3) is 0.250. The van der Waals surface area contributed by atoms with E-state index in [1.807, 2.05) is 6.92 Å². The molecule has 0 aliphatic carbocycles. The molecule has 10 heteroatoms. The molecule has 0 saturated carbocycles. The number of carbonyl (C=O) groups excluding carboxylic acids is 1. The second-order valence-corrected chi connectivity index (χ2v) is 7.12. The van der Waals surface area contributed by atoms with Crippen molar-refractivity contribution in [2.24, 2.45) is 0 Å². The van der Waals surface area contributed by atoms with Crippen LogP contribution in [0.4, 0.5) is 8.78 Å². The zero-order chi connectivity index (χ0) is 21.7. The van der Waals surface area contributed by atoms with Gasteiger partial charge in [0.2, 0.25) is 5.16 Å². The van der Waals surface area contributed by atoms with Gasteiger partial charge in [0.1, 0.15) is 11.5 Å². The molecule has 0 amide bonds. The molecule has 3 aromatic rings. The molecule has 2 N–H and O–H groups in total. The Morgan fingerprint density at radius 1 is 1.20 bits per heavy atom. The van der Waals surface area contributed by atoms with Crippen molar-refractivity contribution in [1.29, 1.82) is 0 Å². The number of Topliss-reactive ketones (excluding diaryl/α,β-unsaturated/α-hetero) is 1. The monoisotopic (exact) mass is 434 g/mol. The summed E-state index contributed by atoms with van der Waals surface area (Å²) in [5, 5.41) is 8.64. The summed E-state index contributed by atoms with van der Waals surface area (Å²) < 4.78 is 35.9. The molecule has 0 unspecified atom stereocenters. The van der Waals surface area contributed by atoms with Crippen LogP contribution in [-0.4, -0.2) is 33.9 Å². The third-order valence-corrected chi connectivity index (χ3v) is 5.12. The second kappa shape index (κ2) is 9.57. The molecule has 1 aromatic heterocycles. The normalized spacial score (nSPS) is 11.0. The van der Waals surface area contributed by atoms with Gasteiger partial charge in [-0.1, -0.05) is 11.8 Å². The van der Waals surface area contributed by atoms with Gasteiger partial charge in [-0.05, 0) is 56.3 Å². The summed E-state index contributed by atoms with van der Waals surface area (Å²) in [6, 6.07) is 11.3. The Morgan fingerprint density at radius 3 is 2.57 bits per heavy atom. The lowest BCUT2D eigenvalue weighted by Gasteiger charge is -2.11. The van der Waals surface area contributed by atoms with Crippen molar-refractivity contribution in [3.63, 3.8) is 0 Å². The molecule has 7 nitrogen and oxygen atoms in total. The molecule has 158 valence electrons. The van der Waals surface area contributed by atoms with Crippen molar-refractivity contribution >= 4 is 17.5 Å². The number of ketones is 1. The standard InChI is InChI=1S/C20H20F2N4O3S/c1-3-28-17-9-6-14(12(2)27)10-15(17)11-30-20-25-24-18(26(20)23)13-4-7-16(8-5-13)29-19(21)22/h4-10,19H,3,11,23H2,1-2H3. The minimum Gasteiger partial charge on any atom is -0.494 e. The average Bonchev–Trinajstić information content (AvgIpc) is 3.08. The summed E-state index contributed by atoms with van der Waals surface area (Å²) in [6.45, 7) is 1.00. The Labute approximate surface area is 176 Å². The van der Waals surface area contributed by atoms with Gasteiger partial charge in [0.15, 0.2) is 11.6 Å². The number of nitrogens with zero attached hydrogens (tertiary/aromatic N) is 3. The van der Waals surface area contributed by atoms with Crippen molar-refractivity contribution in [2.45, 2.75) is 31.4 Å². The van der Waals surface area contributed by atoms with Crippen LogP contribution in [0, 0.1) is 0 Å². The first-order chi connectivity index (χ1) is 14.4. The molecule has 0 spiro atoms.